The lowest BCUT2D eigenvalue weighted by Crippen LogP contribution is -2.42. The van der Waals surface area contributed by atoms with E-state index in [0.717, 1.165) is 12.0 Å². The van der Waals surface area contributed by atoms with Crippen LogP contribution in [0.25, 0.3) is 0 Å². The number of nitrogens with one attached hydrogen (secondary N) is 2. The quantitative estimate of drug-likeness (QED) is 0.847. The molecule has 2 aromatic carbocycles. The molecule has 0 spiro atoms. The van der Waals surface area contributed by atoms with Gasteiger partial charge in [0.1, 0.15) is 0 Å². The van der Waals surface area contributed by atoms with Crippen LogP contribution in [0.2, 0.25) is 0 Å². The first kappa shape index (κ1) is 15.9. The van der Waals surface area contributed by atoms with E-state index >= 15 is 0 Å². The van der Waals surface area contributed by atoms with E-state index < -0.39 is 6.04 Å². The number of nitrogens with zero attached hydrogens (tertiary/aromatic N) is 1. The highest BCUT2D eigenvalue weighted by molar-refractivity contribution is 5.98. The maximum Gasteiger partial charge on any atom is 0.304 e. The van der Waals surface area contributed by atoms with Gasteiger partial charge >= 0.3 is 5.91 Å². The number of hydrogen-bond acceptors (Lipinski definition) is 2. The Hall–Kier alpha value is -2.95. The van der Waals surface area contributed by atoms with Crippen molar-refractivity contribution in [1.29, 1.82) is 0 Å². The van der Waals surface area contributed by atoms with Crippen LogP contribution in [-0.4, -0.2) is 28.8 Å². The average Bonchev–Trinajstić information content (AvgIpc) is 2.92. The van der Waals surface area contributed by atoms with Crippen LogP contribution in [0, 0.1) is 0 Å². The average molecular weight is 322 g/mol. The van der Waals surface area contributed by atoms with E-state index in [1.54, 1.807) is 28.9 Å². The van der Waals surface area contributed by atoms with Crippen LogP contribution in [0.5, 0.6) is 0 Å². The van der Waals surface area contributed by atoms with Crippen molar-refractivity contribution in [3.63, 3.8) is 0 Å². The third-order valence-corrected chi connectivity index (χ3v) is 3.98. The Bertz CT molecular complexity index is 757. The van der Waals surface area contributed by atoms with E-state index in [1.807, 2.05) is 49.5 Å². The molecule has 1 heterocycles. The van der Waals surface area contributed by atoms with Gasteiger partial charge in [0, 0.05) is 17.5 Å². The summed E-state index contributed by atoms with van der Waals surface area (Å²) in [6.45, 7) is 2.00. The molecule has 0 saturated carbocycles. The molecule has 122 valence electrons. The molecule has 24 heavy (non-hydrogen) atoms. The molecule has 0 aromatic heterocycles. The van der Waals surface area contributed by atoms with Gasteiger partial charge in [0.2, 0.25) is 6.04 Å². The fourth-order valence-electron chi connectivity index (χ4n) is 2.89. The lowest BCUT2D eigenvalue weighted by Gasteiger charge is -2.14. The monoisotopic (exact) mass is 322 g/mol. The molecule has 1 aliphatic heterocycles. The van der Waals surface area contributed by atoms with Crippen LogP contribution in [0.3, 0.4) is 0 Å². The summed E-state index contributed by atoms with van der Waals surface area (Å²) in [4.78, 5) is 24.9. The van der Waals surface area contributed by atoms with Crippen LogP contribution < -0.4 is 10.7 Å². The molecule has 2 aromatic rings. The molecular weight excluding hydrogens is 302 g/mol. The molecule has 1 saturated heterocycles. The zero-order valence-corrected chi connectivity index (χ0v) is 13.5. The highest BCUT2D eigenvalue weighted by atomic mass is 16.2. The number of hydrogen-bond donors (Lipinski definition) is 2. The van der Waals surface area contributed by atoms with E-state index in [0.29, 0.717) is 5.56 Å². The molecule has 0 aliphatic carbocycles. The van der Waals surface area contributed by atoms with Crippen LogP contribution in [0.15, 0.2) is 60.7 Å². The first-order chi connectivity index (χ1) is 11.7. The molecule has 5 nitrogen and oxygen atoms in total. The zero-order valence-electron chi connectivity index (χ0n) is 13.5. The summed E-state index contributed by atoms with van der Waals surface area (Å²) in [5, 5.41) is 2.87. The van der Waals surface area contributed by atoms with Gasteiger partial charge in [0.15, 0.2) is 12.3 Å². The molecular formula is C19H20N3O2+. The Labute approximate surface area is 141 Å². The van der Waals surface area contributed by atoms with E-state index in [9.17, 15) is 9.59 Å². The minimum Gasteiger partial charge on any atom is -0.334 e. The molecule has 2 atom stereocenters. The summed E-state index contributed by atoms with van der Waals surface area (Å²) in [5.74, 6) is -0.465. The Morgan fingerprint density at radius 2 is 1.75 bits per heavy atom. The maximum atomic E-state index is 12.5. The largest absolute Gasteiger partial charge is 0.334 e. The van der Waals surface area contributed by atoms with Gasteiger partial charge < -0.3 is 5.32 Å². The number of hydrazone groups is 1. The summed E-state index contributed by atoms with van der Waals surface area (Å²) in [5.41, 5.74) is 4.34. The SMILES string of the molecule is CC/C=[N+]1/NC(=O)[C@@H](NC(=O)c2ccccc2)[C@@H]1c1ccccc1. The Balaban J connectivity index is 1.91. The normalized spacial score (nSPS) is 21.5. The number of benzene rings is 2. The lowest BCUT2D eigenvalue weighted by molar-refractivity contribution is -0.597. The van der Waals surface area contributed by atoms with Gasteiger partial charge in [-0.15, -0.1) is 10.1 Å². The van der Waals surface area contributed by atoms with Crippen molar-refractivity contribution in [2.45, 2.75) is 25.4 Å². The second-order valence-corrected chi connectivity index (χ2v) is 5.65. The maximum absolute atomic E-state index is 12.5. The Morgan fingerprint density at radius 1 is 1.12 bits per heavy atom. The molecule has 5 heteroatoms. The Kier molecular flexibility index (Phi) is 4.70. The van der Waals surface area contributed by atoms with Crippen LogP contribution in [0.4, 0.5) is 0 Å². The van der Waals surface area contributed by atoms with E-state index in [2.05, 4.69) is 10.7 Å². The second kappa shape index (κ2) is 7.08. The lowest BCUT2D eigenvalue weighted by atomic mass is 10.00. The molecule has 0 unspecified atom stereocenters. The van der Waals surface area contributed by atoms with Gasteiger partial charge in [-0.2, -0.15) is 0 Å². The number of amides is 2. The third-order valence-electron chi connectivity index (χ3n) is 3.98. The highest BCUT2D eigenvalue weighted by Gasteiger charge is 2.47. The summed E-state index contributed by atoms with van der Waals surface area (Å²) < 4.78 is 1.79. The number of carbonyl (C=O) groups excluding carboxylic acids is 2. The molecule has 2 amide bonds. The van der Waals surface area contributed by atoms with Gasteiger partial charge in [-0.3, -0.25) is 9.59 Å². The first-order valence-electron chi connectivity index (χ1n) is 8.03. The molecule has 2 N–H and O–H groups in total. The van der Waals surface area contributed by atoms with Gasteiger partial charge in [-0.05, 0) is 12.1 Å². The predicted molar refractivity (Wildman–Crippen MR) is 91.6 cm³/mol. The van der Waals surface area contributed by atoms with Crippen molar-refractivity contribution in [3.05, 3.63) is 71.8 Å². The number of hydrazine groups is 1. The van der Waals surface area contributed by atoms with Crippen molar-refractivity contribution in [2.24, 2.45) is 0 Å². The fraction of sp³-hybridized carbons (Fsp3) is 0.211. The molecule has 1 aliphatic rings. The van der Waals surface area contributed by atoms with Crippen LogP contribution >= 0.6 is 0 Å². The van der Waals surface area contributed by atoms with E-state index in [-0.39, 0.29) is 17.9 Å². The smallest absolute Gasteiger partial charge is 0.304 e. The van der Waals surface area contributed by atoms with E-state index in [1.165, 1.54) is 0 Å². The van der Waals surface area contributed by atoms with Crippen LogP contribution in [0.1, 0.15) is 35.3 Å². The number of carbonyl (C=O) groups is 2. The summed E-state index contributed by atoms with van der Waals surface area (Å²) in [7, 11) is 0. The minimum atomic E-state index is -0.650. The summed E-state index contributed by atoms with van der Waals surface area (Å²) in [6.07, 6.45) is 2.70. The first-order valence-corrected chi connectivity index (χ1v) is 8.03. The summed E-state index contributed by atoms with van der Waals surface area (Å²) in [6, 6.07) is 17.7. The van der Waals surface area contributed by atoms with Gasteiger partial charge in [-0.25, -0.2) is 0 Å². The van der Waals surface area contributed by atoms with Crippen molar-refractivity contribution in [3.8, 4) is 0 Å². The van der Waals surface area contributed by atoms with Crippen molar-refractivity contribution in [2.75, 3.05) is 0 Å². The van der Waals surface area contributed by atoms with E-state index in [4.69, 9.17) is 0 Å². The van der Waals surface area contributed by atoms with Crippen molar-refractivity contribution >= 4 is 18.0 Å². The third kappa shape index (κ3) is 3.20. The minimum absolute atomic E-state index is 0.210. The topological polar surface area (TPSA) is 61.2 Å². The second-order valence-electron chi connectivity index (χ2n) is 5.65. The molecule has 3 rings (SSSR count). The van der Waals surface area contributed by atoms with Gasteiger partial charge in [0.25, 0.3) is 5.91 Å². The summed E-state index contributed by atoms with van der Waals surface area (Å²) >= 11 is 0. The van der Waals surface area contributed by atoms with Gasteiger partial charge in [0.05, 0.1) is 0 Å². The molecule has 0 radical (unpaired) electrons. The van der Waals surface area contributed by atoms with Crippen molar-refractivity contribution < 1.29 is 14.3 Å². The predicted octanol–water partition coefficient (Wildman–Crippen LogP) is 2.06. The fourth-order valence-corrected chi connectivity index (χ4v) is 2.89. The highest BCUT2D eigenvalue weighted by Crippen LogP contribution is 2.25. The van der Waals surface area contributed by atoms with Gasteiger partial charge in [-0.1, -0.05) is 55.5 Å². The standard InChI is InChI=1S/C19H19N3O2/c1-2-13-22-17(14-9-5-3-6-10-14)16(19(24)21-22)20-18(23)15-11-7-4-8-12-15/h3-13,16-17H,2H2,1H3,(H-,20,21,23,24)/p+1/b22-13+/t16-,17-/m0/s1. The van der Waals surface area contributed by atoms with Crippen LogP contribution in [-0.2, 0) is 4.79 Å². The van der Waals surface area contributed by atoms with Crippen molar-refractivity contribution in [1.82, 2.24) is 10.7 Å². The Morgan fingerprint density at radius 3 is 2.38 bits per heavy atom. The zero-order chi connectivity index (χ0) is 16.9. The molecule has 1 fully saturated rings. The molecule has 0 bridgehead atoms. The number of rotatable bonds is 4.